The van der Waals surface area contributed by atoms with Crippen LogP contribution >= 0.6 is 23.4 Å². The normalized spacial score (nSPS) is 11.0. The molecule has 0 atom stereocenters. The summed E-state index contributed by atoms with van der Waals surface area (Å²) in [6.07, 6.45) is 3.60. The van der Waals surface area contributed by atoms with Gasteiger partial charge < -0.3 is 14.6 Å². The number of rotatable bonds is 9. The minimum absolute atomic E-state index is 0.139. The highest BCUT2D eigenvalue weighted by Crippen LogP contribution is 2.28. The van der Waals surface area contributed by atoms with Crippen LogP contribution in [0.2, 0.25) is 5.02 Å². The van der Waals surface area contributed by atoms with Crippen LogP contribution in [-0.4, -0.2) is 27.6 Å². The number of nitrogens with zero attached hydrogens (tertiary/aromatic N) is 3. The highest BCUT2D eigenvalue weighted by molar-refractivity contribution is 7.98. The highest BCUT2D eigenvalue weighted by atomic mass is 35.5. The number of methoxy groups -OCH3 is 1. The van der Waals surface area contributed by atoms with Crippen LogP contribution in [0.3, 0.4) is 0 Å². The minimum Gasteiger partial charge on any atom is -0.497 e. The maximum atomic E-state index is 12.7. The Balaban J connectivity index is 1.29. The van der Waals surface area contributed by atoms with Gasteiger partial charge in [-0.15, -0.1) is 0 Å². The van der Waals surface area contributed by atoms with E-state index in [9.17, 15) is 4.79 Å². The lowest BCUT2D eigenvalue weighted by Gasteiger charge is -2.11. The van der Waals surface area contributed by atoms with Crippen molar-refractivity contribution in [2.75, 3.05) is 7.11 Å². The van der Waals surface area contributed by atoms with Gasteiger partial charge in [-0.2, -0.15) is 0 Å². The molecule has 0 saturated heterocycles. The number of pyridine rings is 1. The summed E-state index contributed by atoms with van der Waals surface area (Å²) >= 11 is 7.88. The van der Waals surface area contributed by atoms with E-state index in [1.807, 2.05) is 72.9 Å². The van der Waals surface area contributed by atoms with Crippen LogP contribution in [0.1, 0.15) is 27.0 Å². The molecule has 0 saturated carbocycles. The standard InChI is InChI=1S/C29H25ClN4O2S/c1-36-24-12-8-21(9-13-24)19-37-29-33-26-14-15-31-17-27(26)34(29)18-20-6-10-22(11-7-20)28(35)32-16-23-4-2-3-5-25(23)30/h2-15,17H,16,18-19H2,1H3,(H,32,35). The van der Waals surface area contributed by atoms with Crippen molar-refractivity contribution in [3.05, 3.63) is 119 Å². The number of benzene rings is 3. The van der Waals surface area contributed by atoms with E-state index in [0.717, 1.165) is 38.8 Å². The van der Waals surface area contributed by atoms with Crippen molar-refractivity contribution in [2.45, 2.75) is 24.0 Å². The van der Waals surface area contributed by atoms with Crippen molar-refractivity contribution in [1.29, 1.82) is 0 Å². The van der Waals surface area contributed by atoms with E-state index in [0.29, 0.717) is 23.7 Å². The summed E-state index contributed by atoms with van der Waals surface area (Å²) in [6.45, 7) is 0.998. The zero-order valence-corrected chi connectivity index (χ0v) is 21.8. The molecule has 3 aromatic carbocycles. The Morgan fingerprint density at radius 2 is 1.76 bits per heavy atom. The van der Waals surface area contributed by atoms with Gasteiger partial charge in [-0.3, -0.25) is 9.78 Å². The second kappa shape index (κ2) is 11.5. The van der Waals surface area contributed by atoms with Gasteiger partial charge in [-0.05, 0) is 53.1 Å². The van der Waals surface area contributed by atoms with Crippen LogP contribution in [-0.2, 0) is 18.8 Å². The third-order valence-electron chi connectivity index (χ3n) is 6.00. The van der Waals surface area contributed by atoms with E-state index in [1.54, 1.807) is 25.1 Å². The Hall–Kier alpha value is -3.81. The summed E-state index contributed by atoms with van der Waals surface area (Å²) in [5.41, 5.74) is 5.62. The average molecular weight is 529 g/mol. The summed E-state index contributed by atoms with van der Waals surface area (Å²) < 4.78 is 7.43. The quantitative estimate of drug-likeness (QED) is 0.225. The molecule has 1 amide bonds. The molecule has 186 valence electrons. The summed E-state index contributed by atoms with van der Waals surface area (Å²) in [7, 11) is 1.67. The first kappa shape index (κ1) is 24.9. The van der Waals surface area contributed by atoms with Crippen molar-refractivity contribution in [3.63, 3.8) is 0 Å². The molecule has 0 radical (unpaired) electrons. The lowest BCUT2D eigenvalue weighted by molar-refractivity contribution is 0.0951. The minimum atomic E-state index is -0.139. The number of aromatic nitrogens is 3. The molecule has 0 unspecified atom stereocenters. The van der Waals surface area contributed by atoms with Crippen LogP contribution < -0.4 is 10.1 Å². The van der Waals surface area contributed by atoms with Crippen LogP contribution in [0.5, 0.6) is 5.75 Å². The van der Waals surface area contributed by atoms with Gasteiger partial charge in [0.15, 0.2) is 5.16 Å². The number of carbonyl (C=O) groups is 1. The van der Waals surface area contributed by atoms with Crippen LogP contribution in [0, 0.1) is 0 Å². The van der Waals surface area contributed by atoms with E-state index >= 15 is 0 Å². The molecule has 2 aromatic heterocycles. The first-order valence-electron chi connectivity index (χ1n) is 11.8. The van der Waals surface area contributed by atoms with E-state index in [4.69, 9.17) is 21.3 Å². The number of hydrogen-bond acceptors (Lipinski definition) is 5. The van der Waals surface area contributed by atoms with E-state index < -0.39 is 0 Å². The number of carbonyl (C=O) groups excluding carboxylic acids is 1. The molecule has 0 aliphatic carbocycles. The molecule has 0 bridgehead atoms. The summed E-state index contributed by atoms with van der Waals surface area (Å²) in [4.78, 5) is 21.8. The van der Waals surface area contributed by atoms with Gasteiger partial charge in [0, 0.05) is 29.1 Å². The smallest absolute Gasteiger partial charge is 0.251 e. The molecule has 5 aromatic rings. The van der Waals surface area contributed by atoms with Gasteiger partial charge in [-0.25, -0.2) is 4.98 Å². The largest absolute Gasteiger partial charge is 0.497 e. The third-order valence-corrected chi connectivity index (χ3v) is 7.41. The fourth-order valence-corrected chi connectivity index (χ4v) is 5.12. The third kappa shape index (κ3) is 5.96. The molecule has 37 heavy (non-hydrogen) atoms. The Kier molecular flexibility index (Phi) is 7.73. The second-order valence-electron chi connectivity index (χ2n) is 8.45. The van der Waals surface area contributed by atoms with Crippen molar-refractivity contribution >= 4 is 40.3 Å². The number of halogens is 1. The Morgan fingerprint density at radius 3 is 2.51 bits per heavy atom. The number of imidazole rings is 1. The van der Waals surface area contributed by atoms with Crippen LogP contribution in [0.15, 0.2) is 96.4 Å². The highest BCUT2D eigenvalue weighted by Gasteiger charge is 2.13. The lowest BCUT2D eigenvalue weighted by Crippen LogP contribution is -2.22. The maximum absolute atomic E-state index is 12.7. The van der Waals surface area contributed by atoms with Crippen LogP contribution in [0.4, 0.5) is 0 Å². The molecule has 0 aliphatic heterocycles. The van der Waals surface area contributed by atoms with E-state index in [2.05, 4.69) is 27.0 Å². The lowest BCUT2D eigenvalue weighted by atomic mass is 10.1. The van der Waals surface area contributed by atoms with Gasteiger partial charge >= 0.3 is 0 Å². The first-order chi connectivity index (χ1) is 18.1. The molecular weight excluding hydrogens is 504 g/mol. The molecule has 2 heterocycles. The number of thioether (sulfide) groups is 1. The van der Waals surface area contributed by atoms with Crippen molar-refractivity contribution in [2.24, 2.45) is 0 Å². The van der Waals surface area contributed by atoms with Crippen molar-refractivity contribution in [1.82, 2.24) is 19.9 Å². The Bertz CT molecular complexity index is 1520. The maximum Gasteiger partial charge on any atom is 0.251 e. The van der Waals surface area contributed by atoms with Gasteiger partial charge in [0.25, 0.3) is 5.91 Å². The number of ether oxygens (including phenoxy) is 1. The molecule has 1 N–H and O–H groups in total. The SMILES string of the molecule is COc1ccc(CSc2nc3ccncc3n2Cc2ccc(C(=O)NCc3ccccc3Cl)cc2)cc1. The molecule has 0 spiro atoms. The van der Waals surface area contributed by atoms with E-state index in [-0.39, 0.29) is 5.91 Å². The van der Waals surface area contributed by atoms with Gasteiger partial charge in [0.2, 0.25) is 0 Å². The molecule has 0 aliphatic rings. The monoisotopic (exact) mass is 528 g/mol. The first-order valence-corrected chi connectivity index (χ1v) is 13.1. The number of hydrogen-bond donors (Lipinski definition) is 1. The molecule has 6 nitrogen and oxygen atoms in total. The van der Waals surface area contributed by atoms with Crippen molar-refractivity contribution in [3.8, 4) is 5.75 Å². The fraction of sp³-hybridized carbons (Fsp3) is 0.138. The molecule has 8 heteroatoms. The summed E-state index contributed by atoms with van der Waals surface area (Å²) in [5.74, 6) is 1.48. The fourth-order valence-electron chi connectivity index (χ4n) is 3.94. The molecule has 0 fully saturated rings. The second-order valence-corrected chi connectivity index (χ2v) is 9.80. The zero-order valence-electron chi connectivity index (χ0n) is 20.2. The van der Waals surface area contributed by atoms with Gasteiger partial charge in [0.1, 0.15) is 5.75 Å². The van der Waals surface area contributed by atoms with E-state index in [1.165, 1.54) is 5.56 Å². The predicted octanol–water partition coefficient (Wildman–Crippen LogP) is 6.36. The summed E-state index contributed by atoms with van der Waals surface area (Å²) in [5, 5.41) is 4.49. The topological polar surface area (TPSA) is 69.0 Å². The average Bonchev–Trinajstić information content (AvgIpc) is 3.29. The van der Waals surface area contributed by atoms with Crippen molar-refractivity contribution < 1.29 is 9.53 Å². The number of fused-ring (bicyclic) bond motifs is 1. The van der Waals surface area contributed by atoms with Gasteiger partial charge in [-0.1, -0.05) is 65.8 Å². The Morgan fingerprint density at radius 1 is 1.00 bits per heavy atom. The number of nitrogens with one attached hydrogen (secondary N) is 1. The zero-order chi connectivity index (χ0) is 25.6. The molecular formula is C29H25ClN4O2S. The van der Waals surface area contributed by atoms with Gasteiger partial charge in [0.05, 0.1) is 30.9 Å². The molecule has 5 rings (SSSR count). The summed E-state index contributed by atoms with van der Waals surface area (Å²) in [6, 6.07) is 25.1. The number of amides is 1. The predicted molar refractivity (Wildman–Crippen MR) is 148 cm³/mol. The van der Waals surface area contributed by atoms with Crippen LogP contribution in [0.25, 0.3) is 11.0 Å². The Labute approximate surface area is 224 Å².